The lowest BCUT2D eigenvalue weighted by Crippen LogP contribution is -2.29. The Hall–Kier alpha value is -1.62. The number of hydrogen-bond donors (Lipinski definition) is 2. The zero-order valence-corrected chi connectivity index (χ0v) is 12.2. The lowest BCUT2D eigenvalue weighted by atomic mass is 10.2. The molecular weight excluding hydrogens is 257 g/mol. The molecule has 1 rings (SSSR count). The van der Waals surface area contributed by atoms with Gasteiger partial charge in [0.15, 0.2) is 0 Å². The molecule has 3 N–H and O–H groups in total. The minimum Gasteiger partial charge on any atom is -0.372 e. The van der Waals surface area contributed by atoms with Crippen LogP contribution >= 0.6 is 0 Å². The van der Waals surface area contributed by atoms with E-state index in [9.17, 15) is 9.18 Å². The quantitative estimate of drug-likeness (QED) is 0.715. The number of nitrogens with zero attached hydrogens (tertiary/aromatic N) is 1. The molecule has 0 fully saturated rings. The molecule has 0 aliphatic rings. The molecule has 0 heterocycles. The summed E-state index contributed by atoms with van der Waals surface area (Å²) in [5.74, 6) is -0.202. The normalized spacial score (nSPS) is 12.0. The highest BCUT2D eigenvalue weighted by Gasteiger charge is 2.06. The second-order valence-corrected chi connectivity index (χ2v) is 5.09. The summed E-state index contributed by atoms with van der Waals surface area (Å²) in [6.45, 7) is 3.17. The Balaban J connectivity index is 2.21. The molecule has 4 nitrogen and oxygen atoms in total. The third kappa shape index (κ3) is 6.02. The maximum Gasteiger partial charge on any atom is 0.220 e. The maximum atomic E-state index is 13.5. The van der Waals surface area contributed by atoms with E-state index in [1.165, 1.54) is 6.07 Å². The number of anilines is 1. The van der Waals surface area contributed by atoms with Gasteiger partial charge in [0.2, 0.25) is 5.91 Å². The Morgan fingerprint density at radius 2 is 2.15 bits per heavy atom. The van der Waals surface area contributed by atoms with Gasteiger partial charge < -0.3 is 16.0 Å². The van der Waals surface area contributed by atoms with Crippen molar-refractivity contribution in [3.63, 3.8) is 0 Å². The van der Waals surface area contributed by atoms with Gasteiger partial charge in [0.1, 0.15) is 5.82 Å². The molecule has 0 spiro atoms. The van der Waals surface area contributed by atoms with Gasteiger partial charge in [0, 0.05) is 32.6 Å². The number of carbonyl (C=O) groups is 1. The summed E-state index contributed by atoms with van der Waals surface area (Å²) in [4.78, 5) is 13.3. The number of nitrogens with one attached hydrogen (secondary N) is 1. The number of hydrogen-bond acceptors (Lipinski definition) is 3. The Kier molecular flexibility index (Phi) is 7.01. The number of halogens is 1. The van der Waals surface area contributed by atoms with Gasteiger partial charge in [-0.2, -0.15) is 0 Å². The molecule has 1 unspecified atom stereocenters. The molecule has 1 aromatic rings. The summed E-state index contributed by atoms with van der Waals surface area (Å²) in [7, 11) is 1.84. The smallest absolute Gasteiger partial charge is 0.220 e. The van der Waals surface area contributed by atoms with E-state index in [0.29, 0.717) is 31.6 Å². The van der Waals surface area contributed by atoms with Crippen molar-refractivity contribution in [2.75, 3.05) is 25.0 Å². The summed E-state index contributed by atoms with van der Waals surface area (Å²) in [5, 5.41) is 2.84. The zero-order valence-electron chi connectivity index (χ0n) is 12.2. The van der Waals surface area contributed by atoms with Gasteiger partial charge in [0.25, 0.3) is 0 Å². The molecule has 0 aliphatic carbocycles. The van der Waals surface area contributed by atoms with Crippen LogP contribution in [-0.2, 0) is 4.79 Å². The number of amides is 1. The van der Waals surface area contributed by atoms with Crippen LogP contribution in [0.4, 0.5) is 10.1 Å². The largest absolute Gasteiger partial charge is 0.372 e. The van der Waals surface area contributed by atoms with Crippen molar-refractivity contribution in [3.8, 4) is 0 Å². The van der Waals surface area contributed by atoms with E-state index in [1.807, 2.05) is 24.9 Å². The summed E-state index contributed by atoms with van der Waals surface area (Å²) < 4.78 is 13.5. The fourth-order valence-electron chi connectivity index (χ4n) is 1.87. The minimum atomic E-state index is -0.226. The number of benzene rings is 1. The molecule has 0 aromatic heterocycles. The third-order valence-electron chi connectivity index (χ3n) is 3.08. The molecule has 5 heteroatoms. The average Bonchev–Trinajstić information content (AvgIpc) is 2.41. The lowest BCUT2D eigenvalue weighted by molar-refractivity contribution is -0.121. The zero-order chi connectivity index (χ0) is 15.0. The molecule has 1 aromatic carbocycles. The molecule has 0 saturated carbocycles. The van der Waals surface area contributed by atoms with Gasteiger partial charge in [-0.3, -0.25) is 4.79 Å². The van der Waals surface area contributed by atoms with Crippen LogP contribution in [0.2, 0.25) is 0 Å². The summed E-state index contributed by atoms with van der Waals surface area (Å²) >= 11 is 0. The monoisotopic (exact) mass is 281 g/mol. The maximum absolute atomic E-state index is 13.5. The van der Waals surface area contributed by atoms with E-state index in [1.54, 1.807) is 12.1 Å². The van der Waals surface area contributed by atoms with Crippen LogP contribution in [0.3, 0.4) is 0 Å². The van der Waals surface area contributed by atoms with E-state index >= 15 is 0 Å². The number of rotatable bonds is 8. The van der Waals surface area contributed by atoms with Crippen LogP contribution < -0.4 is 16.0 Å². The average molecular weight is 281 g/mol. The van der Waals surface area contributed by atoms with Crippen molar-refractivity contribution in [2.45, 2.75) is 32.2 Å². The predicted octanol–water partition coefficient (Wildman–Crippen LogP) is 1.90. The first kappa shape index (κ1) is 16.4. The lowest BCUT2D eigenvalue weighted by Gasteiger charge is -2.19. The Labute approximate surface area is 120 Å². The molecule has 0 bridgehead atoms. The number of nitrogens with two attached hydrogens (primary N) is 1. The molecule has 1 atom stereocenters. The third-order valence-corrected chi connectivity index (χ3v) is 3.08. The van der Waals surface area contributed by atoms with Gasteiger partial charge in [-0.05, 0) is 31.9 Å². The van der Waals surface area contributed by atoms with E-state index in [2.05, 4.69) is 5.32 Å². The van der Waals surface area contributed by atoms with Gasteiger partial charge in [0.05, 0.1) is 5.69 Å². The van der Waals surface area contributed by atoms with Gasteiger partial charge >= 0.3 is 0 Å². The number of para-hydroxylation sites is 1. The van der Waals surface area contributed by atoms with Crippen LogP contribution in [0.5, 0.6) is 0 Å². The SMILES string of the molecule is CC(N)CCC(=O)NCCCN(C)c1ccccc1F. The second-order valence-electron chi connectivity index (χ2n) is 5.09. The molecule has 0 saturated heterocycles. The molecule has 112 valence electrons. The van der Waals surface area contributed by atoms with Gasteiger partial charge in [-0.15, -0.1) is 0 Å². The van der Waals surface area contributed by atoms with E-state index in [4.69, 9.17) is 5.73 Å². The number of carbonyl (C=O) groups excluding carboxylic acids is 1. The first-order valence-corrected chi connectivity index (χ1v) is 6.98. The van der Waals surface area contributed by atoms with Crippen LogP contribution in [-0.4, -0.2) is 32.1 Å². The first-order valence-electron chi connectivity index (χ1n) is 6.98. The standard InChI is InChI=1S/C15H24FN3O/c1-12(17)8-9-15(20)18-10-5-11-19(2)14-7-4-3-6-13(14)16/h3-4,6-7,12H,5,8-11,17H2,1-2H3,(H,18,20). The Morgan fingerprint density at radius 1 is 1.45 bits per heavy atom. The van der Waals surface area contributed by atoms with Crippen LogP contribution in [0.15, 0.2) is 24.3 Å². The predicted molar refractivity (Wildman–Crippen MR) is 80.2 cm³/mol. The fourth-order valence-corrected chi connectivity index (χ4v) is 1.87. The summed E-state index contributed by atoms with van der Waals surface area (Å²) in [6, 6.07) is 6.72. The van der Waals surface area contributed by atoms with Gasteiger partial charge in [-0.1, -0.05) is 12.1 Å². The van der Waals surface area contributed by atoms with E-state index in [0.717, 1.165) is 6.42 Å². The summed E-state index contributed by atoms with van der Waals surface area (Å²) in [6.07, 6.45) is 1.93. The minimum absolute atomic E-state index is 0.0239. The molecule has 1 amide bonds. The van der Waals surface area contributed by atoms with Crippen molar-refractivity contribution < 1.29 is 9.18 Å². The van der Waals surface area contributed by atoms with Crippen molar-refractivity contribution in [2.24, 2.45) is 5.73 Å². The van der Waals surface area contributed by atoms with Gasteiger partial charge in [-0.25, -0.2) is 4.39 Å². The highest BCUT2D eigenvalue weighted by molar-refractivity contribution is 5.75. The highest BCUT2D eigenvalue weighted by Crippen LogP contribution is 2.16. The van der Waals surface area contributed by atoms with Crippen LogP contribution in [0.1, 0.15) is 26.2 Å². The van der Waals surface area contributed by atoms with Crippen molar-refractivity contribution in [1.29, 1.82) is 0 Å². The van der Waals surface area contributed by atoms with Crippen LogP contribution in [0, 0.1) is 5.82 Å². The molecule has 20 heavy (non-hydrogen) atoms. The van der Waals surface area contributed by atoms with E-state index < -0.39 is 0 Å². The Morgan fingerprint density at radius 3 is 2.80 bits per heavy atom. The molecule has 0 aliphatic heterocycles. The highest BCUT2D eigenvalue weighted by atomic mass is 19.1. The van der Waals surface area contributed by atoms with Crippen LogP contribution in [0.25, 0.3) is 0 Å². The van der Waals surface area contributed by atoms with Crippen molar-refractivity contribution >= 4 is 11.6 Å². The fraction of sp³-hybridized carbons (Fsp3) is 0.533. The Bertz CT molecular complexity index is 423. The topological polar surface area (TPSA) is 58.4 Å². The molecular formula is C15H24FN3O. The van der Waals surface area contributed by atoms with E-state index in [-0.39, 0.29) is 17.8 Å². The molecule has 0 radical (unpaired) electrons. The van der Waals surface area contributed by atoms with Crippen molar-refractivity contribution in [1.82, 2.24) is 5.32 Å². The summed E-state index contributed by atoms with van der Waals surface area (Å²) in [5.41, 5.74) is 6.17. The first-order chi connectivity index (χ1) is 9.50. The van der Waals surface area contributed by atoms with Crippen molar-refractivity contribution in [3.05, 3.63) is 30.1 Å². The second kappa shape index (κ2) is 8.53.